The highest BCUT2D eigenvalue weighted by Crippen LogP contribution is 2.28. The monoisotopic (exact) mass is 288 g/mol. The third-order valence-corrected chi connectivity index (χ3v) is 4.22. The number of benzene rings is 1. The first kappa shape index (κ1) is 13.8. The van der Waals surface area contributed by atoms with E-state index in [0.29, 0.717) is 23.3 Å². The second-order valence-corrected chi connectivity index (χ2v) is 6.03. The van der Waals surface area contributed by atoms with Gasteiger partial charge in [-0.3, -0.25) is 0 Å². The molecular formula is C13H17ClO3S. The average Bonchev–Trinajstić information content (AvgIpc) is 2.38. The first-order chi connectivity index (χ1) is 8.66. The van der Waals surface area contributed by atoms with Crippen LogP contribution >= 0.6 is 11.6 Å². The topological polar surface area (TPSA) is 46.5 Å². The average molecular weight is 289 g/mol. The van der Waals surface area contributed by atoms with Crippen molar-refractivity contribution < 1.29 is 13.5 Å². The van der Waals surface area contributed by atoms with Crippen LogP contribution in [0.4, 0.5) is 0 Å². The minimum atomic E-state index is -2.07. The van der Waals surface area contributed by atoms with Gasteiger partial charge in [-0.15, -0.1) is 0 Å². The summed E-state index contributed by atoms with van der Waals surface area (Å²) in [5, 5.41) is 0.442. The maximum Gasteiger partial charge on any atom is 0.190 e. The molecule has 18 heavy (non-hydrogen) atoms. The third kappa shape index (κ3) is 3.70. The van der Waals surface area contributed by atoms with Crippen molar-refractivity contribution in [3.8, 4) is 5.75 Å². The highest BCUT2D eigenvalue weighted by atomic mass is 35.5. The second-order valence-electron chi connectivity index (χ2n) is 4.66. The van der Waals surface area contributed by atoms with Crippen molar-refractivity contribution in [2.75, 3.05) is 6.61 Å². The van der Waals surface area contributed by atoms with E-state index in [1.807, 2.05) is 0 Å². The molecule has 0 aromatic heterocycles. The summed E-state index contributed by atoms with van der Waals surface area (Å²) in [6.07, 6.45) is 6.19. The predicted molar refractivity (Wildman–Crippen MR) is 72.6 cm³/mol. The summed E-state index contributed by atoms with van der Waals surface area (Å²) in [4.78, 5) is 0.248. The van der Waals surface area contributed by atoms with Crippen molar-refractivity contribution in [1.82, 2.24) is 0 Å². The Labute approximate surface area is 115 Å². The summed E-state index contributed by atoms with van der Waals surface area (Å²) < 4.78 is 26.1. The van der Waals surface area contributed by atoms with Crippen molar-refractivity contribution in [3.63, 3.8) is 0 Å². The molecule has 0 saturated heterocycles. The summed E-state index contributed by atoms with van der Waals surface area (Å²) in [7, 11) is 0. The zero-order chi connectivity index (χ0) is 13.0. The van der Waals surface area contributed by atoms with E-state index in [2.05, 4.69) is 0 Å². The fraction of sp³-hybridized carbons (Fsp3) is 0.538. The van der Waals surface area contributed by atoms with Gasteiger partial charge in [0, 0.05) is 5.02 Å². The number of ether oxygens (including phenoxy) is 1. The second kappa shape index (κ2) is 6.55. The Morgan fingerprint density at radius 1 is 1.33 bits per heavy atom. The third-order valence-electron chi connectivity index (χ3n) is 3.29. The van der Waals surface area contributed by atoms with Crippen LogP contribution in [-0.2, 0) is 11.1 Å². The zero-order valence-corrected chi connectivity index (χ0v) is 11.7. The molecule has 1 fully saturated rings. The molecule has 1 unspecified atom stereocenters. The molecule has 1 N–H and O–H groups in total. The quantitative estimate of drug-likeness (QED) is 0.855. The number of rotatable bonds is 4. The van der Waals surface area contributed by atoms with Crippen molar-refractivity contribution in [2.45, 2.75) is 37.0 Å². The largest absolute Gasteiger partial charge is 0.492 e. The Bertz CT molecular complexity index is 430. The summed E-state index contributed by atoms with van der Waals surface area (Å²) in [5.41, 5.74) is 0. The van der Waals surface area contributed by atoms with Gasteiger partial charge in [0.2, 0.25) is 0 Å². The van der Waals surface area contributed by atoms with Gasteiger partial charge in [0.15, 0.2) is 11.1 Å². The molecule has 2 rings (SSSR count). The van der Waals surface area contributed by atoms with Crippen LogP contribution in [0.15, 0.2) is 23.1 Å². The molecule has 1 aliphatic rings. The van der Waals surface area contributed by atoms with Gasteiger partial charge in [-0.2, -0.15) is 0 Å². The molecule has 0 heterocycles. The lowest BCUT2D eigenvalue weighted by molar-refractivity contribution is 0.205. The Kier molecular flexibility index (Phi) is 5.03. The standard InChI is InChI=1S/C13H17ClO3S/c14-11-6-7-12(13(8-11)18(15)16)17-9-10-4-2-1-3-5-10/h6-8,10H,1-5,9H2,(H,15,16). The fourth-order valence-electron chi connectivity index (χ4n) is 2.30. The van der Waals surface area contributed by atoms with Gasteiger partial charge in [-0.1, -0.05) is 30.9 Å². The minimum Gasteiger partial charge on any atom is -0.492 e. The fourth-order valence-corrected chi connectivity index (χ4v) is 3.06. The first-order valence-corrected chi connectivity index (χ1v) is 7.68. The molecule has 0 radical (unpaired) electrons. The van der Waals surface area contributed by atoms with E-state index < -0.39 is 11.1 Å². The lowest BCUT2D eigenvalue weighted by Gasteiger charge is -2.22. The molecule has 0 spiro atoms. The molecule has 0 amide bonds. The number of hydrogen-bond acceptors (Lipinski definition) is 2. The SMILES string of the molecule is O=S(O)c1cc(Cl)ccc1OCC1CCCCC1. The van der Waals surface area contributed by atoms with Crippen molar-refractivity contribution in [1.29, 1.82) is 0 Å². The van der Waals surface area contributed by atoms with Crippen molar-refractivity contribution in [2.24, 2.45) is 5.92 Å². The Balaban J connectivity index is 2.01. The molecule has 100 valence electrons. The van der Waals surface area contributed by atoms with Gasteiger partial charge in [-0.05, 0) is 37.0 Å². The van der Waals surface area contributed by atoms with Crippen molar-refractivity contribution in [3.05, 3.63) is 23.2 Å². The van der Waals surface area contributed by atoms with Gasteiger partial charge >= 0.3 is 0 Å². The Morgan fingerprint density at radius 2 is 2.06 bits per heavy atom. The van der Waals surface area contributed by atoms with Crippen LogP contribution in [0.3, 0.4) is 0 Å². The number of halogens is 1. The van der Waals surface area contributed by atoms with Gasteiger partial charge < -0.3 is 9.29 Å². The van der Waals surface area contributed by atoms with Gasteiger partial charge in [0.25, 0.3) is 0 Å². The number of hydrogen-bond donors (Lipinski definition) is 1. The molecule has 0 aliphatic heterocycles. The molecule has 0 bridgehead atoms. The first-order valence-electron chi connectivity index (χ1n) is 6.20. The van der Waals surface area contributed by atoms with E-state index in [1.54, 1.807) is 12.1 Å². The molecular weight excluding hydrogens is 272 g/mol. The maximum atomic E-state index is 11.2. The summed E-state index contributed by atoms with van der Waals surface area (Å²) in [5.74, 6) is 1.03. The van der Waals surface area contributed by atoms with E-state index in [1.165, 1.54) is 38.2 Å². The molecule has 5 heteroatoms. The van der Waals surface area contributed by atoms with E-state index in [0.717, 1.165) is 0 Å². The molecule has 1 saturated carbocycles. The highest BCUT2D eigenvalue weighted by Gasteiger charge is 2.16. The lowest BCUT2D eigenvalue weighted by atomic mass is 9.90. The zero-order valence-electron chi connectivity index (χ0n) is 10.1. The van der Waals surface area contributed by atoms with Crippen molar-refractivity contribution >= 4 is 22.7 Å². The minimum absolute atomic E-state index is 0.248. The van der Waals surface area contributed by atoms with Crippen LogP contribution in [0, 0.1) is 5.92 Å². The summed E-state index contributed by atoms with van der Waals surface area (Å²) >= 11 is 3.74. The van der Waals surface area contributed by atoms with Crippen LogP contribution in [0.25, 0.3) is 0 Å². The smallest absolute Gasteiger partial charge is 0.190 e. The van der Waals surface area contributed by atoms with Gasteiger partial charge in [-0.25, -0.2) is 4.21 Å². The van der Waals surface area contributed by atoms with Gasteiger partial charge in [0.1, 0.15) is 10.6 Å². The Morgan fingerprint density at radius 3 is 2.72 bits per heavy atom. The molecule has 1 atom stereocenters. The van der Waals surface area contributed by atoms with E-state index in [-0.39, 0.29) is 4.90 Å². The normalized spacial score (nSPS) is 18.6. The van der Waals surface area contributed by atoms with Crippen LogP contribution < -0.4 is 4.74 Å². The molecule has 1 aliphatic carbocycles. The molecule has 1 aromatic carbocycles. The molecule has 3 nitrogen and oxygen atoms in total. The van der Waals surface area contributed by atoms with E-state index >= 15 is 0 Å². The maximum absolute atomic E-state index is 11.2. The summed E-state index contributed by atoms with van der Waals surface area (Å²) in [6.45, 7) is 0.617. The van der Waals surface area contributed by atoms with Crippen LogP contribution in [0.1, 0.15) is 32.1 Å². The van der Waals surface area contributed by atoms with Crippen LogP contribution in [0.2, 0.25) is 5.02 Å². The van der Waals surface area contributed by atoms with E-state index in [4.69, 9.17) is 16.3 Å². The lowest BCUT2D eigenvalue weighted by Crippen LogP contribution is -2.15. The van der Waals surface area contributed by atoms with Gasteiger partial charge in [0.05, 0.1) is 6.61 Å². The Hall–Kier alpha value is -0.580. The highest BCUT2D eigenvalue weighted by molar-refractivity contribution is 7.79. The van der Waals surface area contributed by atoms with Crippen LogP contribution in [0.5, 0.6) is 5.75 Å². The predicted octanol–water partition coefficient (Wildman–Crippen LogP) is 3.88. The molecule has 1 aromatic rings. The summed E-state index contributed by atoms with van der Waals surface area (Å²) in [6, 6.07) is 4.82. The van der Waals surface area contributed by atoms with Crippen LogP contribution in [-0.4, -0.2) is 15.4 Å². The van der Waals surface area contributed by atoms with E-state index in [9.17, 15) is 8.76 Å².